The van der Waals surface area contributed by atoms with E-state index in [1.165, 1.54) is 0 Å². The Kier molecular flexibility index (Phi) is 3.56. The fourth-order valence-electron chi connectivity index (χ4n) is 2.85. The van der Waals surface area contributed by atoms with Crippen molar-refractivity contribution in [3.63, 3.8) is 0 Å². The third-order valence-corrected chi connectivity index (χ3v) is 3.46. The zero-order valence-electron chi connectivity index (χ0n) is 10.3. The second-order valence-electron chi connectivity index (χ2n) is 4.41. The van der Waals surface area contributed by atoms with Gasteiger partial charge in [0.1, 0.15) is 31.8 Å². The third-order valence-electron chi connectivity index (χ3n) is 3.46. The predicted octanol–water partition coefficient (Wildman–Crippen LogP) is -1.21. The molecule has 0 radical (unpaired) electrons. The van der Waals surface area contributed by atoms with E-state index in [1.54, 1.807) is 21.3 Å². The van der Waals surface area contributed by atoms with Gasteiger partial charge in [-0.3, -0.25) is 0 Å². The van der Waals surface area contributed by atoms with Crippen LogP contribution in [0.4, 0.5) is 0 Å². The number of ether oxygens (including phenoxy) is 5. The van der Waals surface area contributed by atoms with Gasteiger partial charge in [0.15, 0.2) is 0 Å². The van der Waals surface area contributed by atoms with Crippen LogP contribution in [-0.4, -0.2) is 72.3 Å². The van der Waals surface area contributed by atoms with Crippen molar-refractivity contribution >= 4 is 7.85 Å². The molecule has 2 bridgehead atoms. The summed E-state index contributed by atoms with van der Waals surface area (Å²) in [6, 6.07) is 0.0354. The maximum atomic E-state index is 6.00. The van der Waals surface area contributed by atoms with Crippen LogP contribution in [0.1, 0.15) is 0 Å². The molecule has 6 heteroatoms. The summed E-state index contributed by atoms with van der Waals surface area (Å²) in [4.78, 5) is 0. The lowest BCUT2D eigenvalue weighted by Crippen LogP contribution is -2.53. The van der Waals surface area contributed by atoms with Crippen molar-refractivity contribution in [2.45, 2.75) is 29.9 Å². The van der Waals surface area contributed by atoms with Gasteiger partial charge in [-0.25, -0.2) is 0 Å². The van der Waals surface area contributed by atoms with Gasteiger partial charge < -0.3 is 23.7 Å². The Hall–Kier alpha value is -0.135. The van der Waals surface area contributed by atoms with Gasteiger partial charge in [-0.15, -0.1) is 0 Å². The monoisotopic (exact) mass is 230 g/mol. The van der Waals surface area contributed by atoms with Crippen molar-refractivity contribution in [3.8, 4) is 0 Å². The normalized spacial score (nSPS) is 46.4. The first-order chi connectivity index (χ1) is 7.69. The van der Waals surface area contributed by atoms with Gasteiger partial charge in [0.05, 0.1) is 19.2 Å². The molecule has 0 aromatic rings. The Bertz CT molecular complexity index is 251. The Morgan fingerprint density at radius 3 is 2.56 bits per heavy atom. The summed E-state index contributed by atoms with van der Waals surface area (Å²) in [5.41, 5.74) is -0.524. The van der Waals surface area contributed by atoms with Crippen LogP contribution < -0.4 is 0 Å². The molecule has 16 heavy (non-hydrogen) atoms. The van der Waals surface area contributed by atoms with E-state index >= 15 is 0 Å². The Balaban J connectivity index is 2.22. The molecule has 5 atom stereocenters. The maximum absolute atomic E-state index is 6.00. The minimum Gasteiger partial charge on any atom is -0.382 e. The number of methoxy groups -OCH3 is 3. The molecule has 0 N–H and O–H groups in total. The average molecular weight is 230 g/mol. The van der Waals surface area contributed by atoms with Crippen LogP contribution in [-0.2, 0) is 23.7 Å². The molecular weight excluding hydrogens is 211 g/mol. The van der Waals surface area contributed by atoms with Gasteiger partial charge in [-0.05, 0) is 0 Å². The molecule has 0 spiro atoms. The second kappa shape index (κ2) is 4.62. The summed E-state index contributed by atoms with van der Waals surface area (Å²) in [6.07, 6.45) is -0.230. The molecule has 2 aliphatic heterocycles. The van der Waals surface area contributed by atoms with Crippen LogP contribution in [0.3, 0.4) is 0 Å². The van der Waals surface area contributed by atoms with E-state index in [9.17, 15) is 0 Å². The standard InChI is InChI=1S/C10H19BO5/c1-12-4-6-10(5-13-2)8(14-3)7(15-6)9(11)16-10/h6-9H,4-5,11H2,1-3H3/t6?,7?,8-,9-,10+/m1/s1. The van der Waals surface area contributed by atoms with E-state index < -0.39 is 5.60 Å². The molecule has 0 aromatic carbocycles. The van der Waals surface area contributed by atoms with E-state index in [2.05, 4.69) is 0 Å². The SMILES string of the molecule is B[C@@H]1O[C@@]2(COC)C(COC)OC1[C@H]2OC. The van der Waals surface area contributed by atoms with Gasteiger partial charge in [0.25, 0.3) is 0 Å². The molecule has 2 unspecified atom stereocenters. The van der Waals surface area contributed by atoms with Crippen molar-refractivity contribution in [2.24, 2.45) is 0 Å². The summed E-state index contributed by atoms with van der Waals surface area (Å²) < 4.78 is 27.9. The number of hydrogen-bond donors (Lipinski definition) is 0. The van der Waals surface area contributed by atoms with E-state index in [-0.39, 0.29) is 24.3 Å². The number of fused-ring (bicyclic) bond motifs is 2. The molecule has 2 fully saturated rings. The van der Waals surface area contributed by atoms with Gasteiger partial charge >= 0.3 is 0 Å². The zero-order valence-corrected chi connectivity index (χ0v) is 10.3. The van der Waals surface area contributed by atoms with Crippen LogP contribution >= 0.6 is 0 Å². The molecule has 2 aliphatic rings. The highest BCUT2D eigenvalue weighted by atomic mass is 16.7. The topological polar surface area (TPSA) is 46.2 Å². The predicted molar refractivity (Wildman–Crippen MR) is 59.4 cm³/mol. The van der Waals surface area contributed by atoms with Crippen molar-refractivity contribution < 1.29 is 23.7 Å². The molecular formula is C10H19BO5. The number of hydrogen-bond acceptors (Lipinski definition) is 5. The van der Waals surface area contributed by atoms with Gasteiger partial charge in [0.2, 0.25) is 0 Å². The minimum atomic E-state index is -0.524. The quantitative estimate of drug-likeness (QED) is 0.554. The van der Waals surface area contributed by atoms with E-state index in [0.29, 0.717) is 13.2 Å². The summed E-state index contributed by atoms with van der Waals surface area (Å²) >= 11 is 0. The highest BCUT2D eigenvalue weighted by Gasteiger charge is 2.65. The zero-order chi connectivity index (χ0) is 11.8. The van der Waals surface area contributed by atoms with Crippen LogP contribution in [0.5, 0.6) is 0 Å². The highest BCUT2D eigenvalue weighted by Crippen LogP contribution is 2.45. The highest BCUT2D eigenvalue weighted by molar-refractivity contribution is 6.11. The Labute approximate surface area is 96.7 Å². The molecule has 0 aliphatic carbocycles. The molecule has 0 amide bonds. The lowest BCUT2D eigenvalue weighted by atomic mass is 9.90. The first-order valence-corrected chi connectivity index (χ1v) is 5.53. The fraction of sp³-hybridized carbons (Fsp3) is 1.00. The molecule has 0 aromatic heterocycles. The molecule has 0 saturated carbocycles. The molecule has 92 valence electrons. The van der Waals surface area contributed by atoms with Gasteiger partial charge in [-0.2, -0.15) is 0 Å². The summed E-state index contributed by atoms with van der Waals surface area (Å²) in [5.74, 6) is 0. The summed E-state index contributed by atoms with van der Waals surface area (Å²) in [6.45, 7) is 0.951. The van der Waals surface area contributed by atoms with Crippen molar-refractivity contribution in [2.75, 3.05) is 34.5 Å². The lowest BCUT2D eigenvalue weighted by Gasteiger charge is -2.36. The summed E-state index contributed by atoms with van der Waals surface area (Å²) in [5, 5.41) is 0. The molecule has 2 saturated heterocycles. The van der Waals surface area contributed by atoms with Gasteiger partial charge in [0, 0.05) is 21.3 Å². The van der Waals surface area contributed by atoms with Gasteiger partial charge in [-0.1, -0.05) is 0 Å². The molecule has 5 nitrogen and oxygen atoms in total. The first kappa shape index (κ1) is 12.3. The van der Waals surface area contributed by atoms with E-state index in [4.69, 9.17) is 23.7 Å². The van der Waals surface area contributed by atoms with Crippen molar-refractivity contribution in [1.82, 2.24) is 0 Å². The largest absolute Gasteiger partial charge is 0.382 e. The van der Waals surface area contributed by atoms with Crippen LogP contribution in [0, 0.1) is 0 Å². The first-order valence-electron chi connectivity index (χ1n) is 5.53. The molecule has 2 rings (SSSR count). The van der Waals surface area contributed by atoms with Crippen LogP contribution in [0.25, 0.3) is 0 Å². The van der Waals surface area contributed by atoms with Crippen molar-refractivity contribution in [1.29, 1.82) is 0 Å². The molecule has 2 heterocycles. The second-order valence-corrected chi connectivity index (χ2v) is 4.41. The summed E-state index contributed by atoms with van der Waals surface area (Å²) in [7, 11) is 6.99. The smallest absolute Gasteiger partial charge is 0.148 e. The van der Waals surface area contributed by atoms with E-state index in [0.717, 1.165) is 0 Å². The van der Waals surface area contributed by atoms with E-state index in [1.807, 2.05) is 7.85 Å². The minimum absolute atomic E-state index is 0.0275. The maximum Gasteiger partial charge on any atom is 0.148 e. The fourth-order valence-corrected chi connectivity index (χ4v) is 2.85. The Morgan fingerprint density at radius 2 is 2.00 bits per heavy atom. The van der Waals surface area contributed by atoms with Crippen LogP contribution in [0.2, 0.25) is 0 Å². The lowest BCUT2D eigenvalue weighted by molar-refractivity contribution is -0.196. The number of rotatable bonds is 5. The third kappa shape index (κ3) is 1.60. The average Bonchev–Trinajstić information content (AvgIpc) is 2.67. The van der Waals surface area contributed by atoms with Crippen molar-refractivity contribution in [3.05, 3.63) is 0 Å². The Morgan fingerprint density at radius 1 is 1.25 bits per heavy atom. The van der Waals surface area contributed by atoms with Crippen LogP contribution in [0.15, 0.2) is 0 Å².